The second-order valence-electron chi connectivity index (χ2n) is 2.83. The van der Waals surface area contributed by atoms with Crippen molar-refractivity contribution in [1.29, 1.82) is 0 Å². The van der Waals surface area contributed by atoms with Gasteiger partial charge < -0.3 is 11.1 Å². The van der Waals surface area contributed by atoms with E-state index in [-0.39, 0.29) is 34.6 Å². The van der Waals surface area contributed by atoms with Crippen molar-refractivity contribution in [2.45, 2.75) is 6.42 Å². The van der Waals surface area contributed by atoms with E-state index in [1.165, 1.54) is 0 Å². The van der Waals surface area contributed by atoms with E-state index in [4.69, 9.17) is 28.9 Å². The molecule has 82 valence electrons. The molecule has 0 unspecified atom stereocenters. The Morgan fingerprint density at radius 3 is 2.40 bits per heavy atom. The van der Waals surface area contributed by atoms with Crippen LogP contribution in [0.4, 0.5) is 10.1 Å². The Labute approximate surface area is 96.3 Å². The first-order chi connectivity index (χ1) is 7.04. The van der Waals surface area contributed by atoms with Crippen LogP contribution in [0, 0.1) is 5.82 Å². The number of benzene rings is 1. The lowest BCUT2D eigenvalue weighted by Gasteiger charge is -2.08. The van der Waals surface area contributed by atoms with Gasteiger partial charge in [-0.1, -0.05) is 23.2 Å². The number of amides is 1. The van der Waals surface area contributed by atoms with Gasteiger partial charge in [0.05, 0.1) is 15.7 Å². The number of hydrogen-bond acceptors (Lipinski definition) is 2. The van der Waals surface area contributed by atoms with Crippen molar-refractivity contribution in [2.24, 2.45) is 5.73 Å². The molecule has 1 aromatic carbocycles. The highest BCUT2D eigenvalue weighted by molar-refractivity contribution is 6.39. The second-order valence-corrected chi connectivity index (χ2v) is 3.65. The first-order valence-electron chi connectivity index (χ1n) is 4.19. The lowest BCUT2D eigenvalue weighted by Crippen LogP contribution is -2.16. The first kappa shape index (κ1) is 12.2. The number of carbonyl (C=O) groups is 1. The molecule has 0 aliphatic carbocycles. The minimum atomic E-state index is -0.554. The van der Waals surface area contributed by atoms with Crippen LogP contribution in [-0.4, -0.2) is 12.5 Å². The molecular formula is C9H9Cl2FN2O. The fourth-order valence-electron chi connectivity index (χ4n) is 0.995. The third-order valence-electron chi connectivity index (χ3n) is 1.64. The molecule has 1 amide bonds. The quantitative estimate of drug-likeness (QED) is 0.866. The predicted octanol–water partition coefficient (Wildman–Crippen LogP) is 2.42. The van der Waals surface area contributed by atoms with Crippen LogP contribution in [0.5, 0.6) is 0 Å². The van der Waals surface area contributed by atoms with Gasteiger partial charge in [-0.2, -0.15) is 0 Å². The number of carbonyl (C=O) groups excluding carboxylic acids is 1. The monoisotopic (exact) mass is 250 g/mol. The maximum atomic E-state index is 12.8. The van der Waals surface area contributed by atoms with Gasteiger partial charge in [0, 0.05) is 13.0 Å². The molecule has 1 rings (SSSR count). The van der Waals surface area contributed by atoms with Gasteiger partial charge in [0.25, 0.3) is 0 Å². The van der Waals surface area contributed by atoms with Crippen LogP contribution in [0.25, 0.3) is 0 Å². The van der Waals surface area contributed by atoms with E-state index >= 15 is 0 Å². The molecule has 0 aliphatic heterocycles. The van der Waals surface area contributed by atoms with Crippen molar-refractivity contribution in [3.8, 4) is 0 Å². The summed E-state index contributed by atoms with van der Waals surface area (Å²) in [5, 5.41) is 2.58. The zero-order chi connectivity index (χ0) is 11.4. The molecule has 3 nitrogen and oxygen atoms in total. The number of hydrogen-bond donors (Lipinski definition) is 2. The van der Waals surface area contributed by atoms with E-state index in [1.807, 2.05) is 0 Å². The van der Waals surface area contributed by atoms with E-state index in [0.29, 0.717) is 0 Å². The van der Waals surface area contributed by atoms with Crippen LogP contribution in [0.3, 0.4) is 0 Å². The van der Waals surface area contributed by atoms with Gasteiger partial charge in [-0.3, -0.25) is 4.79 Å². The molecule has 0 heterocycles. The highest BCUT2D eigenvalue weighted by Gasteiger charge is 2.10. The number of nitrogens with two attached hydrogens (primary N) is 1. The molecule has 0 saturated carbocycles. The van der Waals surface area contributed by atoms with Gasteiger partial charge in [-0.25, -0.2) is 4.39 Å². The van der Waals surface area contributed by atoms with Crippen LogP contribution < -0.4 is 11.1 Å². The van der Waals surface area contributed by atoms with Gasteiger partial charge in [0.15, 0.2) is 0 Å². The Hall–Kier alpha value is -0.840. The van der Waals surface area contributed by atoms with Crippen LogP contribution in [0.15, 0.2) is 12.1 Å². The van der Waals surface area contributed by atoms with Crippen molar-refractivity contribution in [3.05, 3.63) is 28.0 Å². The number of anilines is 1. The van der Waals surface area contributed by atoms with Crippen molar-refractivity contribution < 1.29 is 9.18 Å². The number of halogens is 3. The minimum Gasteiger partial charge on any atom is -0.330 e. The SMILES string of the molecule is NCCC(=O)Nc1c(Cl)cc(F)cc1Cl. The molecule has 0 aromatic heterocycles. The van der Waals surface area contributed by atoms with E-state index in [0.717, 1.165) is 12.1 Å². The molecule has 0 fully saturated rings. The molecule has 0 atom stereocenters. The average molecular weight is 251 g/mol. The molecule has 0 saturated heterocycles. The lowest BCUT2D eigenvalue weighted by atomic mass is 10.3. The summed E-state index contributed by atoms with van der Waals surface area (Å²) < 4.78 is 12.8. The van der Waals surface area contributed by atoms with Crippen molar-refractivity contribution in [3.63, 3.8) is 0 Å². The summed E-state index contributed by atoms with van der Waals surface area (Å²) in [4.78, 5) is 11.2. The minimum absolute atomic E-state index is 0.0605. The highest BCUT2D eigenvalue weighted by Crippen LogP contribution is 2.31. The van der Waals surface area contributed by atoms with Crippen molar-refractivity contribution >= 4 is 34.8 Å². The summed E-state index contributed by atoms with van der Waals surface area (Å²) in [6, 6.07) is 2.15. The molecule has 6 heteroatoms. The summed E-state index contributed by atoms with van der Waals surface area (Å²) in [6.45, 7) is 0.224. The molecule has 0 bridgehead atoms. The van der Waals surface area contributed by atoms with E-state index < -0.39 is 5.82 Å². The zero-order valence-corrected chi connectivity index (χ0v) is 9.20. The summed E-state index contributed by atoms with van der Waals surface area (Å²) in [6.07, 6.45) is 0.157. The molecule has 0 aliphatic rings. The summed E-state index contributed by atoms with van der Waals surface area (Å²) in [7, 11) is 0. The van der Waals surface area contributed by atoms with Gasteiger partial charge in [0.1, 0.15) is 5.82 Å². The van der Waals surface area contributed by atoms with E-state index in [2.05, 4.69) is 5.32 Å². The first-order valence-corrected chi connectivity index (χ1v) is 4.94. The maximum absolute atomic E-state index is 12.8. The van der Waals surface area contributed by atoms with Gasteiger partial charge in [-0.05, 0) is 12.1 Å². The van der Waals surface area contributed by atoms with Gasteiger partial charge in [0.2, 0.25) is 5.91 Å². The normalized spacial score (nSPS) is 10.1. The summed E-state index contributed by atoms with van der Waals surface area (Å²) >= 11 is 11.4. The molecular weight excluding hydrogens is 242 g/mol. The molecule has 15 heavy (non-hydrogen) atoms. The molecule has 0 spiro atoms. The topological polar surface area (TPSA) is 55.1 Å². The third-order valence-corrected chi connectivity index (χ3v) is 2.24. The van der Waals surface area contributed by atoms with Crippen molar-refractivity contribution in [2.75, 3.05) is 11.9 Å². The Kier molecular flexibility index (Phi) is 4.32. The molecule has 3 N–H and O–H groups in total. The maximum Gasteiger partial charge on any atom is 0.225 e. The third kappa shape index (κ3) is 3.34. The van der Waals surface area contributed by atoms with Crippen LogP contribution in [-0.2, 0) is 4.79 Å². The van der Waals surface area contributed by atoms with Crippen molar-refractivity contribution in [1.82, 2.24) is 0 Å². The number of rotatable bonds is 3. The second kappa shape index (κ2) is 5.30. The Morgan fingerprint density at radius 1 is 1.40 bits per heavy atom. The standard InChI is InChI=1S/C9H9Cl2FN2O/c10-6-3-5(12)4-7(11)9(6)14-8(15)1-2-13/h3-4H,1-2,13H2,(H,14,15). The Bertz CT molecular complexity index is 361. The van der Waals surface area contributed by atoms with Crippen LogP contribution in [0.1, 0.15) is 6.42 Å². The lowest BCUT2D eigenvalue weighted by molar-refractivity contribution is -0.116. The molecule has 1 aromatic rings. The summed E-state index contributed by atoms with van der Waals surface area (Å²) in [5.41, 5.74) is 5.40. The summed E-state index contributed by atoms with van der Waals surface area (Å²) in [5.74, 6) is -0.866. The zero-order valence-electron chi connectivity index (χ0n) is 7.69. The fourth-order valence-corrected chi connectivity index (χ4v) is 1.55. The predicted molar refractivity (Wildman–Crippen MR) is 58.7 cm³/mol. The van der Waals surface area contributed by atoms with Crippen LogP contribution in [0.2, 0.25) is 10.0 Å². The Morgan fingerprint density at radius 2 is 1.93 bits per heavy atom. The fraction of sp³-hybridized carbons (Fsp3) is 0.222. The van der Waals surface area contributed by atoms with Gasteiger partial charge in [-0.15, -0.1) is 0 Å². The highest BCUT2D eigenvalue weighted by atomic mass is 35.5. The Balaban J connectivity index is 2.90. The smallest absolute Gasteiger partial charge is 0.225 e. The van der Waals surface area contributed by atoms with E-state index in [1.54, 1.807) is 0 Å². The number of nitrogens with one attached hydrogen (secondary N) is 1. The van der Waals surface area contributed by atoms with Gasteiger partial charge >= 0.3 is 0 Å². The van der Waals surface area contributed by atoms with E-state index in [9.17, 15) is 9.18 Å². The largest absolute Gasteiger partial charge is 0.330 e. The average Bonchev–Trinajstić information content (AvgIpc) is 2.11. The molecule has 0 radical (unpaired) electrons. The van der Waals surface area contributed by atoms with Crippen LogP contribution >= 0.6 is 23.2 Å².